The van der Waals surface area contributed by atoms with E-state index in [9.17, 15) is 9.90 Å². The summed E-state index contributed by atoms with van der Waals surface area (Å²) in [6, 6.07) is 13.8. The summed E-state index contributed by atoms with van der Waals surface area (Å²) in [5.41, 5.74) is 4.13. The van der Waals surface area contributed by atoms with Gasteiger partial charge in [-0.2, -0.15) is 0 Å². The highest BCUT2D eigenvalue weighted by Crippen LogP contribution is 2.36. The van der Waals surface area contributed by atoms with Gasteiger partial charge in [0.25, 0.3) is 0 Å². The standard InChI is InChI=1S/C29H34N4O4/c1-4-36-26-16-21(17-27(37-5-2)28(26)32-12-6-7-13-32)19-31-14-10-23(11-15-31)33-20(3)30-24-18-22(29(34)35)8-9-25(24)33/h6-9,12-13,16-18,23H,4-5,10-11,14-15,19H2,1-3H3,(H,34,35). The molecule has 5 rings (SSSR count). The number of aromatic nitrogens is 3. The first-order valence-corrected chi connectivity index (χ1v) is 13.0. The molecular formula is C29H34N4O4. The normalized spacial score (nSPS) is 14.8. The van der Waals surface area contributed by atoms with E-state index in [1.54, 1.807) is 12.1 Å². The SMILES string of the molecule is CCOc1cc(CN2CCC(n3c(C)nc4cc(C(=O)O)ccc43)CC2)cc(OCC)c1-n1cccc1. The zero-order chi connectivity index (χ0) is 25.9. The maximum atomic E-state index is 11.4. The van der Waals surface area contributed by atoms with E-state index in [0.717, 1.165) is 66.5 Å². The molecule has 0 aliphatic carbocycles. The monoisotopic (exact) mass is 502 g/mol. The fourth-order valence-corrected chi connectivity index (χ4v) is 5.40. The van der Waals surface area contributed by atoms with Gasteiger partial charge < -0.3 is 23.7 Å². The fraction of sp³-hybridized carbons (Fsp3) is 0.379. The van der Waals surface area contributed by atoms with Crippen molar-refractivity contribution in [2.75, 3.05) is 26.3 Å². The van der Waals surface area contributed by atoms with Crippen LogP contribution in [0.5, 0.6) is 11.5 Å². The molecule has 1 aliphatic rings. The second-order valence-electron chi connectivity index (χ2n) is 9.44. The molecule has 0 atom stereocenters. The number of benzene rings is 2. The molecule has 8 heteroatoms. The van der Waals surface area contributed by atoms with Gasteiger partial charge in [-0.15, -0.1) is 0 Å². The molecule has 1 fully saturated rings. The Labute approximate surface area is 217 Å². The molecule has 0 saturated carbocycles. The second-order valence-corrected chi connectivity index (χ2v) is 9.44. The molecule has 1 aliphatic heterocycles. The Hall–Kier alpha value is -3.78. The van der Waals surface area contributed by atoms with E-state index in [2.05, 4.69) is 26.6 Å². The minimum absolute atomic E-state index is 0.271. The van der Waals surface area contributed by atoms with Crippen LogP contribution in [0.15, 0.2) is 54.9 Å². The lowest BCUT2D eigenvalue weighted by molar-refractivity contribution is 0.0697. The van der Waals surface area contributed by atoms with Crippen molar-refractivity contribution in [1.29, 1.82) is 0 Å². The Morgan fingerprint density at radius 1 is 1.03 bits per heavy atom. The van der Waals surface area contributed by atoms with Crippen molar-refractivity contribution < 1.29 is 19.4 Å². The van der Waals surface area contributed by atoms with Crippen LogP contribution < -0.4 is 9.47 Å². The van der Waals surface area contributed by atoms with Gasteiger partial charge in [-0.3, -0.25) is 4.90 Å². The Bertz CT molecular complexity index is 1360. The zero-order valence-electron chi connectivity index (χ0n) is 21.7. The number of rotatable bonds is 9. The van der Waals surface area contributed by atoms with Gasteiger partial charge in [-0.25, -0.2) is 9.78 Å². The van der Waals surface area contributed by atoms with Gasteiger partial charge in [-0.05, 0) is 81.6 Å². The van der Waals surface area contributed by atoms with E-state index >= 15 is 0 Å². The Kier molecular flexibility index (Phi) is 7.19. The van der Waals surface area contributed by atoms with Crippen LogP contribution in [0.1, 0.15) is 54.5 Å². The molecule has 0 unspecified atom stereocenters. The smallest absolute Gasteiger partial charge is 0.335 e. The molecule has 8 nitrogen and oxygen atoms in total. The first kappa shape index (κ1) is 24.9. The number of imidazole rings is 1. The number of carboxylic acids is 1. The molecule has 1 N–H and O–H groups in total. The molecule has 4 aromatic rings. The van der Waals surface area contributed by atoms with Crippen molar-refractivity contribution >= 4 is 17.0 Å². The molecular weight excluding hydrogens is 468 g/mol. The third-order valence-electron chi connectivity index (χ3n) is 7.00. The van der Waals surface area contributed by atoms with Gasteiger partial charge in [0.1, 0.15) is 23.0 Å². The average Bonchev–Trinajstić information content (AvgIpc) is 3.52. The maximum absolute atomic E-state index is 11.4. The van der Waals surface area contributed by atoms with Gasteiger partial charge in [0.15, 0.2) is 0 Å². The van der Waals surface area contributed by atoms with Crippen LogP contribution in [0, 0.1) is 6.92 Å². The number of aryl methyl sites for hydroxylation is 1. The summed E-state index contributed by atoms with van der Waals surface area (Å²) >= 11 is 0. The summed E-state index contributed by atoms with van der Waals surface area (Å²) in [7, 11) is 0. The zero-order valence-corrected chi connectivity index (χ0v) is 21.7. The number of fused-ring (bicyclic) bond motifs is 1. The quantitative estimate of drug-likeness (QED) is 0.327. The summed E-state index contributed by atoms with van der Waals surface area (Å²) in [6.07, 6.45) is 6.03. The molecule has 3 heterocycles. The van der Waals surface area contributed by atoms with Crippen molar-refractivity contribution in [3.8, 4) is 17.2 Å². The number of carboxylic acid groups (broad SMARTS) is 1. The van der Waals surface area contributed by atoms with E-state index in [4.69, 9.17) is 9.47 Å². The van der Waals surface area contributed by atoms with Gasteiger partial charge in [0.05, 0.1) is 29.8 Å². The highest BCUT2D eigenvalue weighted by atomic mass is 16.5. The number of aromatic carboxylic acids is 1. The first-order chi connectivity index (χ1) is 18.0. The minimum atomic E-state index is -0.927. The van der Waals surface area contributed by atoms with Crippen LogP contribution >= 0.6 is 0 Å². The summed E-state index contributed by atoms with van der Waals surface area (Å²) in [5.74, 6) is 1.66. The lowest BCUT2D eigenvalue weighted by atomic mass is 10.0. The fourth-order valence-electron chi connectivity index (χ4n) is 5.40. The molecule has 0 amide bonds. The molecule has 1 saturated heterocycles. The maximum Gasteiger partial charge on any atom is 0.335 e. The third kappa shape index (κ3) is 5.06. The van der Waals surface area contributed by atoms with E-state index < -0.39 is 5.97 Å². The van der Waals surface area contributed by atoms with Crippen molar-refractivity contribution in [3.05, 3.63) is 71.8 Å². The van der Waals surface area contributed by atoms with Gasteiger partial charge in [0.2, 0.25) is 0 Å². The Morgan fingerprint density at radius 3 is 2.27 bits per heavy atom. The van der Waals surface area contributed by atoms with Crippen molar-refractivity contribution in [3.63, 3.8) is 0 Å². The number of hydrogen-bond donors (Lipinski definition) is 1. The number of piperidine rings is 1. The summed E-state index contributed by atoms with van der Waals surface area (Å²) in [5, 5.41) is 9.32. The summed E-state index contributed by atoms with van der Waals surface area (Å²) in [4.78, 5) is 18.5. The van der Waals surface area contributed by atoms with Crippen molar-refractivity contribution in [2.45, 2.75) is 46.2 Å². The van der Waals surface area contributed by atoms with Crippen LogP contribution in [0.2, 0.25) is 0 Å². The molecule has 37 heavy (non-hydrogen) atoms. The number of likely N-dealkylation sites (tertiary alicyclic amines) is 1. The van der Waals surface area contributed by atoms with Crippen LogP contribution in [0.4, 0.5) is 0 Å². The Balaban J connectivity index is 1.33. The van der Waals surface area contributed by atoms with E-state index in [1.165, 1.54) is 5.56 Å². The van der Waals surface area contributed by atoms with E-state index in [0.29, 0.717) is 19.3 Å². The summed E-state index contributed by atoms with van der Waals surface area (Å²) in [6.45, 7) is 9.92. The molecule has 0 radical (unpaired) electrons. The van der Waals surface area contributed by atoms with Crippen LogP contribution in [-0.4, -0.2) is 56.4 Å². The lowest BCUT2D eigenvalue weighted by Gasteiger charge is -2.33. The lowest BCUT2D eigenvalue weighted by Crippen LogP contribution is -2.34. The summed E-state index contributed by atoms with van der Waals surface area (Å²) < 4.78 is 16.4. The first-order valence-electron chi connectivity index (χ1n) is 13.0. The number of hydrogen-bond acceptors (Lipinski definition) is 5. The number of ether oxygens (including phenoxy) is 2. The molecule has 2 aromatic carbocycles. The second kappa shape index (κ2) is 10.7. The largest absolute Gasteiger partial charge is 0.492 e. The third-order valence-corrected chi connectivity index (χ3v) is 7.00. The minimum Gasteiger partial charge on any atom is -0.492 e. The number of nitrogens with zero attached hydrogens (tertiary/aromatic N) is 4. The van der Waals surface area contributed by atoms with E-state index in [-0.39, 0.29) is 5.56 Å². The number of carbonyl (C=O) groups is 1. The highest BCUT2D eigenvalue weighted by Gasteiger charge is 2.25. The predicted molar refractivity (Wildman–Crippen MR) is 143 cm³/mol. The molecule has 0 spiro atoms. The van der Waals surface area contributed by atoms with Gasteiger partial charge in [0, 0.05) is 38.1 Å². The Morgan fingerprint density at radius 2 is 1.68 bits per heavy atom. The highest BCUT2D eigenvalue weighted by molar-refractivity contribution is 5.92. The van der Waals surface area contributed by atoms with Crippen LogP contribution in [-0.2, 0) is 6.54 Å². The van der Waals surface area contributed by atoms with E-state index in [1.807, 2.05) is 55.9 Å². The molecule has 2 aromatic heterocycles. The predicted octanol–water partition coefficient (Wildman–Crippen LogP) is 5.47. The molecule has 194 valence electrons. The van der Waals surface area contributed by atoms with Crippen LogP contribution in [0.3, 0.4) is 0 Å². The van der Waals surface area contributed by atoms with Crippen molar-refractivity contribution in [2.24, 2.45) is 0 Å². The van der Waals surface area contributed by atoms with Crippen molar-refractivity contribution in [1.82, 2.24) is 19.0 Å². The topological polar surface area (TPSA) is 81.8 Å². The van der Waals surface area contributed by atoms with Gasteiger partial charge in [-0.1, -0.05) is 0 Å². The molecule has 0 bridgehead atoms. The average molecular weight is 503 g/mol. The van der Waals surface area contributed by atoms with Crippen LogP contribution in [0.25, 0.3) is 16.7 Å². The van der Waals surface area contributed by atoms with Gasteiger partial charge >= 0.3 is 5.97 Å².